The largest absolute Gasteiger partial charge is 0.364 e. The van der Waals surface area contributed by atoms with Gasteiger partial charge in [-0.25, -0.2) is 4.79 Å². The molecule has 22 heavy (non-hydrogen) atoms. The second-order valence-electron chi connectivity index (χ2n) is 5.65. The second-order valence-corrected chi connectivity index (χ2v) is 5.65. The predicted molar refractivity (Wildman–Crippen MR) is 81.0 cm³/mol. The molecule has 2 fully saturated rings. The van der Waals surface area contributed by atoms with Crippen molar-refractivity contribution >= 4 is 11.9 Å². The van der Waals surface area contributed by atoms with Crippen LogP contribution in [-0.2, 0) is 9.63 Å². The molecule has 0 unspecified atom stereocenters. The zero-order chi connectivity index (χ0) is 15.4. The Bertz CT molecular complexity index is 521. The lowest BCUT2D eigenvalue weighted by atomic mass is 10.2. The maximum atomic E-state index is 12.3. The van der Waals surface area contributed by atoms with Gasteiger partial charge in [0, 0.05) is 13.1 Å². The fraction of sp³-hybridized carbons (Fsp3) is 0.500. The van der Waals surface area contributed by atoms with Crippen LogP contribution in [0.1, 0.15) is 23.2 Å². The molecule has 2 aliphatic heterocycles. The third kappa shape index (κ3) is 3.45. The predicted octanol–water partition coefficient (Wildman–Crippen LogP) is 0.655. The molecule has 118 valence electrons. The molecule has 1 aromatic carbocycles. The van der Waals surface area contributed by atoms with Gasteiger partial charge in [-0.2, -0.15) is 0 Å². The Morgan fingerprint density at radius 3 is 2.45 bits per heavy atom. The molecule has 0 bridgehead atoms. The number of amides is 1. The van der Waals surface area contributed by atoms with E-state index >= 15 is 0 Å². The van der Waals surface area contributed by atoms with Crippen molar-refractivity contribution in [3.8, 4) is 0 Å². The van der Waals surface area contributed by atoms with Gasteiger partial charge < -0.3 is 15.1 Å². The molecule has 0 aliphatic carbocycles. The highest BCUT2D eigenvalue weighted by atomic mass is 16.7. The van der Waals surface area contributed by atoms with Gasteiger partial charge >= 0.3 is 5.97 Å². The summed E-state index contributed by atoms with van der Waals surface area (Å²) in [6.45, 7) is 3.22. The van der Waals surface area contributed by atoms with Crippen LogP contribution in [-0.4, -0.2) is 60.6 Å². The first-order valence-electron chi connectivity index (χ1n) is 7.78. The number of hydrogen-bond acceptors (Lipinski definition) is 5. The highest BCUT2D eigenvalue weighted by molar-refractivity contribution is 5.89. The summed E-state index contributed by atoms with van der Waals surface area (Å²) >= 11 is 0. The molecule has 1 N–H and O–H groups in total. The van der Waals surface area contributed by atoms with Gasteiger partial charge in [0.15, 0.2) is 0 Å². The Morgan fingerprint density at radius 2 is 1.82 bits per heavy atom. The van der Waals surface area contributed by atoms with Crippen LogP contribution in [0.4, 0.5) is 0 Å². The first-order chi connectivity index (χ1) is 10.7. The quantitative estimate of drug-likeness (QED) is 0.888. The summed E-state index contributed by atoms with van der Waals surface area (Å²) in [4.78, 5) is 31.5. The van der Waals surface area contributed by atoms with Gasteiger partial charge in [-0.05, 0) is 31.5 Å². The number of nitrogens with one attached hydrogen (secondary N) is 1. The van der Waals surface area contributed by atoms with Crippen LogP contribution in [0.2, 0.25) is 0 Å². The molecule has 6 nitrogen and oxygen atoms in total. The van der Waals surface area contributed by atoms with E-state index in [0.29, 0.717) is 31.7 Å². The van der Waals surface area contributed by atoms with Crippen LogP contribution >= 0.6 is 0 Å². The van der Waals surface area contributed by atoms with E-state index in [-0.39, 0.29) is 17.9 Å². The molecule has 1 amide bonds. The molecule has 0 saturated carbocycles. The minimum atomic E-state index is -0.349. The first kappa shape index (κ1) is 15.0. The summed E-state index contributed by atoms with van der Waals surface area (Å²) < 4.78 is 0. The maximum absolute atomic E-state index is 12.3. The van der Waals surface area contributed by atoms with Gasteiger partial charge in [0.1, 0.15) is 0 Å². The van der Waals surface area contributed by atoms with Gasteiger partial charge in [0.05, 0.1) is 24.7 Å². The number of carbonyl (C=O) groups excluding carboxylic acids is 2. The smallest absolute Gasteiger partial charge is 0.357 e. The van der Waals surface area contributed by atoms with Crippen LogP contribution in [0.3, 0.4) is 0 Å². The lowest BCUT2D eigenvalue weighted by molar-refractivity contribution is -0.150. The minimum Gasteiger partial charge on any atom is -0.364 e. The number of piperazine rings is 1. The number of carbonyl (C=O) groups is 2. The van der Waals surface area contributed by atoms with Crippen LogP contribution in [0.5, 0.6) is 0 Å². The topological polar surface area (TPSA) is 61.9 Å². The monoisotopic (exact) mass is 303 g/mol. The average Bonchev–Trinajstić information content (AvgIpc) is 3.10. The number of hydrogen-bond donors (Lipinski definition) is 1. The van der Waals surface area contributed by atoms with E-state index in [9.17, 15) is 9.59 Å². The molecule has 2 aliphatic rings. The second kappa shape index (κ2) is 6.89. The summed E-state index contributed by atoms with van der Waals surface area (Å²) in [5.74, 6) is -0.177. The summed E-state index contributed by atoms with van der Waals surface area (Å²) in [5, 5.41) is 4.87. The summed E-state index contributed by atoms with van der Waals surface area (Å²) in [6, 6.07) is 8.90. The highest BCUT2D eigenvalue weighted by Gasteiger charge is 2.30. The molecule has 1 aromatic rings. The van der Waals surface area contributed by atoms with Crippen molar-refractivity contribution < 1.29 is 14.4 Å². The summed E-state index contributed by atoms with van der Waals surface area (Å²) in [6.07, 6.45) is 1.98. The molecule has 6 heteroatoms. The number of hydroxylamine groups is 2. The minimum absolute atomic E-state index is 0.0292. The fourth-order valence-corrected chi connectivity index (χ4v) is 2.86. The molecule has 0 aromatic heterocycles. The van der Waals surface area contributed by atoms with E-state index in [4.69, 9.17) is 4.84 Å². The molecular formula is C16H21N3O3. The van der Waals surface area contributed by atoms with E-state index in [0.717, 1.165) is 19.4 Å². The molecule has 2 heterocycles. The van der Waals surface area contributed by atoms with Crippen LogP contribution in [0, 0.1) is 0 Å². The standard InChI is InChI=1S/C16H21N3O3/c20-15(14-7-4-8-17-14)18-9-11-19(12-10-18)22-16(21)13-5-2-1-3-6-13/h1-3,5-6,14,17H,4,7-12H2/t14-/m0/s1. The summed E-state index contributed by atoms with van der Waals surface area (Å²) in [7, 11) is 0. The van der Waals surface area contributed by atoms with Crippen molar-refractivity contribution in [1.82, 2.24) is 15.3 Å². The lowest BCUT2D eigenvalue weighted by Gasteiger charge is -2.34. The van der Waals surface area contributed by atoms with E-state index in [1.54, 1.807) is 17.2 Å². The molecular weight excluding hydrogens is 282 g/mol. The van der Waals surface area contributed by atoms with Gasteiger partial charge in [-0.15, -0.1) is 5.06 Å². The van der Waals surface area contributed by atoms with E-state index < -0.39 is 0 Å². The van der Waals surface area contributed by atoms with Gasteiger partial charge in [0.25, 0.3) is 0 Å². The van der Waals surface area contributed by atoms with Crippen molar-refractivity contribution in [3.05, 3.63) is 35.9 Å². The zero-order valence-electron chi connectivity index (χ0n) is 12.5. The van der Waals surface area contributed by atoms with Crippen LogP contribution < -0.4 is 5.32 Å². The fourth-order valence-electron chi connectivity index (χ4n) is 2.86. The Kier molecular flexibility index (Phi) is 4.70. The lowest BCUT2D eigenvalue weighted by Crippen LogP contribution is -2.53. The van der Waals surface area contributed by atoms with Gasteiger partial charge in [-0.1, -0.05) is 18.2 Å². The average molecular weight is 303 g/mol. The Hall–Kier alpha value is -1.92. The van der Waals surface area contributed by atoms with Gasteiger partial charge in [0.2, 0.25) is 5.91 Å². The number of nitrogens with zero attached hydrogens (tertiary/aromatic N) is 2. The van der Waals surface area contributed by atoms with Crippen LogP contribution in [0.15, 0.2) is 30.3 Å². The SMILES string of the molecule is O=C(ON1CCN(C(=O)[C@@H]2CCCN2)CC1)c1ccccc1. The Balaban J connectivity index is 1.47. The summed E-state index contributed by atoms with van der Waals surface area (Å²) in [5.41, 5.74) is 0.538. The molecule has 3 rings (SSSR count). The molecule has 1 atom stereocenters. The number of rotatable bonds is 3. The van der Waals surface area contributed by atoms with E-state index in [2.05, 4.69) is 5.32 Å². The third-order valence-corrected chi connectivity index (χ3v) is 4.13. The van der Waals surface area contributed by atoms with Crippen LogP contribution in [0.25, 0.3) is 0 Å². The van der Waals surface area contributed by atoms with Crippen molar-refractivity contribution in [3.63, 3.8) is 0 Å². The van der Waals surface area contributed by atoms with E-state index in [1.165, 1.54) is 0 Å². The zero-order valence-corrected chi connectivity index (χ0v) is 12.5. The van der Waals surface area contributed by atoms with Gasteiger partial charge in [-0.3, -0.25) is 4.79 Å². The number of benzene rings is 1. The maximum Gasteiger partial charge on any atom is 0.357 e. The Morgan fingerprint density at radius 1 is 1.09 bits per heavy atom. The first-order valence-corrected chi connectivity index (χ1v) is 7.78. The third-order valence-electron chi connectivity index (χ3n) is 4.13. The molecule has 0 spiro atoms. The molecule has 2 saturated heterocycles. The van der Waals surface area contributed by atoms with Crippen molar-refractivity contribution in [2.24, 2.45) is 0 Å². The molecule has 0 radical (unpaired) electrons. The van der Waals surface area contributed by atoms with Crippen molar-refractivity contribution in [2.45, 2.75) is 18.9 Å². The van der Waals surface area contributed by atoms with Crippen molar-refractivity contribution in [1.29, 1.82) is 0 Å². The normalized spacial score (nSPS) is 22.5. The highest BCUT2D eigenvalue weighted by Crippen LogP contribution is 2.12. The van der Waals surface area contributed by atoms with E-state index in [1.807, 2.05) is 23.1 Å². The Labute approximate surface area is 130 Å². The van der Waals surface area contributed by atoms with Crippen molar-refractivity contribution in [2.75, 3.05) is 32.7 Å².